The number of ether oxygens (including phenoxy) is 2. The highest BCUT2D eigenvalue weighted by Crippen LogP contribution is 2.24. The number of nitrogens with one attached hydrogen (secondary N) is 1. The van der Waals surface area contributed by atoms with Crippen molar-refractivity contribution in [3.63, 3.8) is 0 Å². The van der Waals surface area contributed by atoms with Gasteiger partial charge < -0.3 is 14.8 Å². The van der Waals surface area contributed by atoms with Crippen molar-refractivity contribution in [1.29, 1.82) is 0 Å². The van der Waals surface area contributed by atoms with Gasteiger partial charge >= 0.3 is 0 Å². The van der Waals surface area contributed by atoms with E-state index in [9.17, 15) is 4.79 Å². The van der Waals surface area contributed by atoms with Crippen LogP contribution in [0.2, 0.25) is 0 Å². The van der Waals surface area contributed by atoms with Gasteiger partial charge in [-0.3, -0.25) is 14.7 Å². The minimum Gasteiger partial charge on any atom is -0.497 e. The molecular weight excluding hydrogens is 330 g/mol. The lowest BCUT2D eigenvalue weighted by atomic mass is 9.99. The number of morpholine rings is 1. The predicted octanol–water partition coefficient (Wildman–Crippen LogP) is 2.02. The van der Waals surface area contributed by atoms with Gasteiger partial charge in [0.2, 0.25) is 5.91 Å². The van der Waals surface area contributed by atoms with Crippen LogP contribution in [0, 0.1) is 0 Å². The Hall–Kier alpha value is -2.44. The molecular formula is C20H25N3O3. The number of hydrogen-bond donors (Lipinski definition) is 1. The van der Waals surface area contributed by atoms with E-state index in [1.807, 2.05) is 36.4 Å². The lowest BCUT2D eigenvalue weighted by Crippen LogP contribution is -2.39. The van der Waals surface area contributed by atoms with E-state index in [0.717, 1.165) is 49.7 Å². The minimum atomic E-state index is -0.207. The first-order valence-corrected chi connectivity index (χ1v) is 8.89. The van der Waals surface area contributed by atoms with Gasteiger partial charge in [-0.05, 0) is 35.4 Å². The summed E-state index contributed by atoms with van der Waals surface area (Å²) in [6.07, 6.45) is 3.95. The molecule has 1 amide bonds. The summed E-state index contributed by atoms with van der Waals surface area (Å²) in [6, 6.07) is 11.4. The third kappa shape index (κ3) is 5.03. The first-order valence-electron chi connectivity index (χ1n) is 8.89. The second-order valence-corrected chi connectivity index (χ2v) is 6.26. The van der Waals surface area contributed by atoms with Crippen LogP contribution in [0.4, 0.5) is 0 Å². The molecule has 1 aromatic heterocycles. The number of methoxy groups -OCH3 is 1. The van der Waals surface area contributed by atoms with Crippen LogP contribution in [-0.4, -0.2) is 55.7 Å². The van der Waals surface area contributed by atoms with E-state index in [1.165, 1.54) is 0 Å². The average molecular weight is 355 g/mol. The number of carbonyl (C=O) groups excluding carboxylic acids is 1. The second-order valence-electron chi connectivity index (χ2n) is 6.26. The zero-order chi connectivity index (χ0) is 18.2. The van der Waals surface area contributed by atoms with Gasteiger partial charge in [-0.1, -0.05) is 12.1 Å². The Morgan fingerprint density at radius 3 is 2.46 bits per heavy atom. The van der Waals surface area contributed by atoms with Crippen LogP contribution in [0.25, 0.3) is 0 Å². The summed E-state index contributed by atoms with van der Waals surface area (Å²) in [7, 11) is 1.64. The molecule has 6 heteroatoms. The fourth-order valence-corrected chi connectivity index (χ4v) is 3.03. The van der Waals surface area contributed by atoms with Crippen LogP contribution in [0.5, 0.6) is 5.75 Å². The third-order valence-corrected chi connectivity index (χ3v) is 4.55. The molecule has 1 N–H and O–H groups in total. The molecule has 0 saturated carbocycles. The zero-order valence-corrected chi connectivity index (χ0v) is 15.1. The van der Waals surface area contributed by atoms with Crippen LogP contribution in [0.3, 0.4) is 0 Å². The molecule has 1 aromatic carbocycles. The van der Waals surface area contributed by atoms with E-state index in [2.05, 4.69) is 15.2 Å². The first kappa shape index (κ1) is 18.4. The molecule has 1 aliphatic rings. The van der Waals surface area contributed by atoms with Gasteiger partial charge in [-0.25, -0.2) is 0 Å². The quantitative estimate of drug-likeness (QED) is 0.823. The lowest BCUT2D eigenvalue weighted by Gasteiger charge is -2.26. The zero-order valence-electron chi connectivity index (χ0n) is 15.1. The summed E-state index contributed by atoms with van der Waals surface area (Å²) in [5.41, 5.74) is 2.02. The van der Waals surface area contributed by atoms with Crippen LogP contribution in [0.15, 0.2) is 48.8 Å². The van der Waals surface area contributed by atoms with Gasteiger partial charge in [0.05, 0.1) is 26.4 Å². The Kier molecular flexibility index (Phi) is 6.57. The third-order valence-electron chi connectivity index (χ3n) is 4.55. The summed E-state index contributed by atoms with van der Waals surface area (Å²) < 4.78 is 10.6. The topological polar surface area (TPSA) is 63.7 Å². The molecule has 1 saturated heterocycles. The Bertz CT molecular complexity index is 685. The van der Waals surface area contributed by atoms with E-state index in [0.29, 0.717) is 6.42 Å². The molecule has 0 unspecified atom stereocenters. The number of benzene rings is 1. The van der Waals surface area contributed by atoms with E-state index < -0.39 is 0 Å². The van der Waals surface area contributed by atoms with Crippen LogP contribution >= 0.6 is 0 Å². The molecule has 1 fully saturated rings. The molecule has 6 nitrogen and oxygen atoms in total. The average Bonchev–Trinajstić information content (AvgIpc) is 2.72. The Labute approximate surface area is 154 Å². The van der Waals surface area contributed by atoms with Crippen LogP contribution < -0.4 is 10.1 Å². The summed E-state index contributed by atoms with van der Waals surface area (Å²) in [6.45, 7) is 4.01. The SMILES string of the molecule is COc1ccc([C@@H](NC(=O)CCN2CCOCC2)c2ccncc2)cc1. The highest BCUT2D eigenvalue weighted by atomic mass is 16.5. The van der Waals surface area contributed by atoms with Gasteiger partial charge in [0.1, 0.15) is 5.75 Å². The fourth-order valence-electron chi connectivity index (χ4n) is 3.03. The van der Waals surface area contributed by atoms with Crippen molar-refractivity contribution in [2.24, 2.45) is 0 Å². The van der Waals surface area contributed by atoms with Crippen molar-refractivity contribution in [3.05, 3.63) is 59.9 Å². The molecule has 1 atom stereocenters. The normalized spacial score (nSPS) is 16.0. The molecule has 2 heterocycles. The number of nitrogens with zero attached hydrogens (tertiary/aromatic N) is 2. The summed E-state index contributed by atoms with van der Waals surface area (Å²) in [5.74, 6) is 0.829. The van der Waals surface area contributed by atoms with Crippen LogP contribution in [-0.2, 0) is 9.53 Å². The molecule has 0 aliphatic carbocycles. The molecule has 1 aliphatic heterocycles. The van der Waals surface area contributed by atoms with E-state index in [1.54, 1.807) is 19.5 Å². The number of aromatic nitrogens is 1. The highest BCUT2D eigenvalue weighted by Gasteiger charge is 2.18. The van der Waals surface area contributed by atoms with E-state index >= 15 is 0 Å². The molecule has 2 aromatic rings. The fraction of sp³-hybridized carbons (Fsp3) is 0.400. The van der Waals surface area contributed by atoms with Crippen molar-refractivity contribution in [3.8, 4) is 5.75 Å². The first-order chi connectivity index (χ1) is 12.8. The molecule has 138 valence electrons. The standard InChI is InChI=1S/C20H25N3O3/c1-25-18-4-2-16(3-5-18)20(17-6-9-21-10-7-17)22-19(24)8-11-23-12-14-26-15-13-23/h2-7,9-10,20H,8,11-15H2,1H3,(H,22,24)/t20-/m1/s1. The van der Waals surface area contributed by atoms with Gasteiger partial charge in [-0.2, -0.15) is 0 Å². The van der Waals surface area contributed by atoms with Crippen molar-refractivity contribution < 1.29 is 14.3 Å². The molecule has 26 heavy (non-hydrogen) atoms. The molecule has 0 spiro atoms. The number of pyridine rings is 1. The van der Waals surface area contributed by atoms with Gasteiger partial charge in [0, 0.05) is 38.4 Å². The smallest absolute Gasteiger partial charge is 0.222 e. The highest BCUT2D eigenvalue weighted by molar-refractivity contribution is 5.77. The maximum Gasteiger partial charge on any atom is 0.222 e. The summed E-state index contributed by atoms with van der Waals surface area (Å²) in [4.78, 5) is 18.9. The molecule has 0 radical (unpaired) electrons. The number of amides is 1. The predicted molar refractivity (Wildman–Crippen MR) is 99.1 cm³/mol. The minimum absolute atomic E-state index is 0.0362. The maximum atomic E-state index is 12.6. The molecule has 0 bridgehead atoms. The number of hydrogen-bond acceptors (Lipinski definition) is 5. The van der Waals surface area contributed by atoms with E-state index in [4.69, 9.17) is 9.47 Å². The molecule has 3 rings (SSSR count). The van der Waals surface area contributed by atoms with Crippen molar-refractivity contribution in [2.75, 3.05) is 40.0 Å². The van der Waals surface area contributed by atoms with Gasteiger partial charge in [0.25, 0.3) is 0 Å². The van der Waals surface area contributed by atoms with Crippen molar-refractivity contribution in [2.45, 2.75) is 12.5 Å². The second kappa shape index (κ2) is 9.31. The van der Waals surface area contributed by atoms with Crippen LogP contribution in [0.1, 0.15) is 23.6 Å². The number of carbonyl (C=O) groups is 1. The monoisotopic (exact) mass is 355 g/mol. The van der Waals surface area contributed by atoms with E-state index in [-0.39, 0.29) is 11.9 Å². The van der Waals surface area contributed by atoms with Gasteiger partial charge in [0.15, 0.2) is 0 Å². The van der Waals surface area contributed by atoms with Crippen molar-refractivity contribution in [1.82, 2.24) is 15.2 Å². The lowest BCUT2D eigenvalue weighted by molar-refractivity contribution is -0.122. The Morgan fingerprint density at radius 1 is 1.15 bits per heavy atom. The largest absolute Gasteiger partial charge is 0.497 e. The van der Waals surface area contributed by atoms with Crippen molar-refractivity contribution >= 4 is 5.91 Å². The summed E-state index contributed by atoms with van der Waals surface area (Å²) >= 11 is 0. The Morgan fingerprint density at radius 2 is 1.81 bits per heavy atom. The summed E-state index contributed by atoms with van der Waals surface area (Å²) in [5, 5.41) is 3.16. The van der Waals surface area contributed by atoms with Gasteiger partial charge in [-0.15, -0.1) is 0 Å². The number of rotatable bonds is 7. The Balaban J connectivity index is 1.67. The maximum absolute atomic E-state index is 12.6.